The molecule has 0 spiro atoms. The molecule has 5 nitrogen and oxygen atoms in total. The molecule has 0 atom stereocenters. The maximum Gasteiger partial charge on any atom is 0.340 e. The van der Waals surface area contributed by atoms with Gasteiger partial charge in [0, 0.05) is 12.4 Å². The number of hydrogen-bond acceptors (Lipinski definition) is 4. The molecule has 0 N–H and O–H groups in total. The average Bonchev–Trinajstić information content (AvgIpc) is 2.79. The highest BCUT2D eigenvalue weighted by atomic mass is 16.5. The molecule has 0 saturated carbocycles. The second-order valence-corrected chi connectivity index (χ2v) is 3.42. The van der Waals surface area contributed by atoms with E-state index in [0.717, 1.165) is 0 Å². The first-order valence-electron chi connectivity index (χ1n) is 4.94. The number of aromatic nitrogens is 1. The van der Waals surface area contributed by atoms with Crippen LogP contribution < -0.4 is 0 Å². The number of fused-ring (bicyclic) bond motifs is 1. The van der Waals surface area contributed by atoms with Crippen molar-refractivity contribution in [3.63, 3.8) is 0 Å². The van der Waals surface area contributed by atoms with Crippen molar-refractivity contribution in [2.24, 2.45) is 0 Å². The van der Waals surface area contributed by atoms with Crippen LogP contribution >= 0.6 is 0 Å². The van der Waals surface area contributed by atoms with Crippen molar-refractivity contribution in [2.75, 3.05) is 14.2 Å². The van der Waals surface area contributed by atoms with E-state index in [9.17, 15) is 9.59 Å². The SMILES string of the molecule is COC(=O)c1ccc2c(C(=O)OC)ccn2c1. The molecule has 0 saturated heterocycles. The molecule has 5 heteroatoms. The third-order valence-electron chi connectivity index (χ3n) is 2.48. The number of pyridine rings is 1. The Hall–Kier alpha value is -2.30. The molecule has 0 amide bonds. The fraction of sp³-hybridized carbons (Fsp3) is 0.167. The standard InChI is InChI=1S/C12H11NO4/c1-16-11(14)8-3-4-10-9(12(15)17-2)5-6-13(10)7-8/h3-7H,1-2H3. The summed E-state index contributed by atoms with van der Waals surface area (Å²) in [5.41, 5.74) is 1.57. The fourth-order valence-electron chi connectivity index (χ4n) is 1.63. The molecule has 2 heterocycles. The van der Waals surface area contributed by atoms with Gasteiger partial charge in [-0.25, -0.2) is 9.59 Å². The number of carbonyl (C=O) groups excluding carboxylic acids is 2. The van der Waals surface area contributed by atoms with Gasteiger partial charge in [-0.1, -0.05) is 0 Å². The Morgan fingerprint density at radius 1 is 1.06 bits per heavy atom. The summed E-state index contributed by atoms with van der Waals surface area (Å²) in [5, 5.41) is 0. The van der Waals surface area contributed by atoms with Crippen molar-refractivity contribution >= 4 is 17.5 Å². The Morgan fingerprint density at radius 3 is 2.41 bits per heavy atom. The summed E-state index contributed by atoms with van der Waals surface area (Å²) in [6, 6.07) is 4.92. The third kappa shape index (κ3) is 1.87. The molecule has 0 radical (unpaired) electrons. The molecule has 17 heavy (non-hydrogen) atoms. The number of nitrogens with zero attached hydrogens (tertiary/aromatic N) is 1. The van der Waals surface area contributed by atoms with Gasteiger partial charge >= 0.3 is 11.9 Å². The summed E-state index contributed by atoms with van der Waals surface area (Å²) in [5.74, 6) is -0.821. The van der Waals surface area contributed by atoms with Crippen LogP contribution in [0.5, 0.6) is 0 Å². The Balaban J connectivity index is 2.52. The number of carbonyl (C=O) groups is 2. The minimum atomic E-state index is -0.416. The molecule has 88 valence electrons. The van der Waals surface area contributed by atoms with Crippen LogP contribution in [0.15, 0.2) is 30.6 Å². The van der Waals surface area contributed by atoms with Gasteiger partial charge in [-0.3, -0.25) is 0 Å². The summed E-state index contributed by atoms with van der Waals surface area (Å²) in [6.45, 7) is 0. The Morgan fingerprint density at radius 2 is 1.76 bits per heavy atom. The molecule has 0 aliphatic carbocycles. The monoisotopic (exact) mass is 233 g/mol. The molecule has 0 aromatic carbocycles. The van der Waals surface area contributed by atoms with Crippen molar-refractivity contribution in [3.8, 4) is 0 Å². The van der Waals surface area contributed by atoms with E-state index in [0.29, 0.717) is 16.6 Å². The zero-order valence-corrected chi connectivity index (χ0v) is 9.47. The third-order valence-corrected chi connectivity index (χ3v) is 2.48. The predicted octanol–water partition coefficient (Wildman–Crippen LogP) is 1.51. The van der Waals surface area contributed by atoms with Crippen LogP contribution in [-0.2, 0) is 9.47 Å². The normalized spacial score (nSPS) is 10.2. The van der Waals surface area contributed by atoms with Crippen molar-refractivity contribution in [3.05, 3.63) is 41.7 Å². The summed E-state index contributed by atoms with van der Waals surface area (Å²) < 4.78 is 11.0. The van der Waals surface area contributed by atoms with Gasteiger partial charge < -0.3 is 13.9 Å². The Kier molecular flexibility index (Phi) is 2.82. The van der Waals surface area contributed by atoms with E-state index in [1.165, 1.54) is 14.2 Å². The smallest absolute Gasteiger partial charge is 0.340 e. The van der Waals surface area contributed by atoms with E-state index in [4.69, 9.17) is 0 Å². The molecule has 2 rings (SSSR count). The minimum absolute atomic E-state index is 0.404. The van der Waals surface area contributed by atoms with Gasteiger partial charge in [-0.15, -0.1) is 0 Å². The number of esters is 2. The van der Waals surface area contributed by atoms with Crippen molar-refractivity contribution in [1.82, 2.24) is 4.40 Å². The van der Waals surface area contributed by atoms with Crippen LogP contribution in [0.1, 0.15) is 20.7 Å². The zero-order chi connectivity index (χ0) is 12.4. The first-order chi connectivity index (χ1) is 8.17. The summed E-state index contributed by atoms with van der Waals surface area (Å²) in [6.07, 6.45) is 3.29. The lowest BCUT2D eigenvalue weighted by Crippen LogP contribution is -2.04. The molecule has 0 aliphatic heterocycles. The molecule has 0 aliphatic rings. The van der Waals surface area contributed by atoms with E-state index in [1.807, 2.05) is 0 Å². The number of hydrogen-bond donors (Lipinski definition) is 0. The number of methoxy groups -OCH3 is 2. The van der Waals surface area contributed by atoms with Gasteiger partial charge in [0.2, 0.25) is 0 Å². The van der Waals surface area contributed by atoms with Gasteiger partial charge in [-0.2, -0.15) is 0 Å². The summed E-state index contributed by atoms with van der Waals surface area (Å²) in [7, 11) is 2.65. The quantitative estimate of drug-likeness (QED) is 0.738. The van der Waals surface area contributed by atoms with E-state index in [-0.39, 0.29) is 0 Å². The van der Waals surface area contributed by atoms with Crippen molar-refractivity contribution in [2.45, 2.75) is 0 Å². The predicted molar refractivity (Wildman–Crippen MR) is 60.1 cm³/mol. The molecule has 0 fully saturated rings. The average molecular weight is 233 g/mol. The summed E-state index contributed by atoms with van der Waals surface area (Å²) in [4.78, 5) is 22.8. The molecule has 2 aromatic rings. The van der Waals surface area contributed by atoms with Crippen LogP contribution in [0, 0.1) is 0 Å². The minimum Gasteiger partial charge on any atom is -0.465 e. The molecule has 2 aromatic heterocycles. The largest absolute Gasteiger partial charge is 0.465 e. The van der Waals surface area contributed by atoms with E-state index in [1.54, 1.807) is 35.0 Å². The molecular weight excluding hydrogens is 222 g/mol. The van der Waals surface area contributed by atoms with Crippen LogP contribution in [-0.4, -0.2) is 30.6 Å². The van der Waals surface area contributed by atoms with Crippen LogP contribution in [0.3, 0.4) is 0 Å². The molecule has 0 bridgehead atoms. The van der Waals surface area contributed by atoms with E-state index >= 15 is 0 Å². The first kappa shape index (κ1) is 11.2. The molecular formula is C12H11NO4. The van der Waals surface area contributed by atoms with Gasteiger partial charge in [0.15, 0.2) is 0 Å². The van der Waals surface area contributed by atoms with Crippen LogP contribution in [0.4, 0.5) is 0 Å². The summed E-state index contributed by atoms with van der Waals surface area (Å²) >= 11 is 0. The molecule has 0 unspecified atom stereocenters. The second-order valence-electron chi connectivity index (χ2n) is 3.42. The lowest BCUT2D eigenvalue weighted by molar-refractivity contribution is 0.0593. The fourth-order valence-corrected chi connectivity index (χ4v) is 1.63. The van der Waals surface area contributed by atoms with E-state index in [2.05, 4.69) is 9.47 Å². The topological polar surface area (TPSA) is 57.0 Å². The van der Waals surface area contributed by atoms with Crippen molar-refractivity contribution < 1.29 is 19.1 Å². The van der Waals surface area contributed by atoms with Crippen molar-refractivity contribution in [1.29, 1.82) is 0 Å². The Labute approximate surface area is 97.6 Å². The number of ether oxygens (including phenoxy) is 2. The van der Waals surface area contributed by atoms with Gasteiger partial charge in [0.25, 0.3) is 0 Å². The maximum absolute atomic E-state index is 11.4. The van der Waals surface area contributed by atoms with Gasteiger partial charge in [0.1, 0.15) is 0 Å². The lowest BCUT2D eigenvalue weighted by atomic mass is 10.2. The van der Waals surface area contributed by atoms with E-state index < -0.39 is 11.9 Å². The second kappa shape index (κ2) is 4.29. The first-order valence-corrected chi connectivity index (χ1v) is 4.94. The highest BCUT2D eigenvalue weighted by Crippen LogP contribution is 2.15. The van der Waals surface area contributed by atoms with Gasteiger partial charge in [0.05, 0.1) is 30.9 Å². The van der Waals surface area contributed by atoms with Crippen LogP contribution in [0.2, 0.25) is 0 Å². The highest BCUT2D eigenvalue weighted by Gasteiger charge is 2.13. The maximum atomic E-state index is 11.4. The lowest BCUT2D eigenvalue weighted by Gasteiger charge is -2.02. The van der Waals surface area contributed by atoms with Crippen LogP contribution in [0.25, 0.3) is 5.52 Å². The number of rotatable bonds is 2. The Bertz CT molecular complexity index is 585. The zero-order valence-electron chi connectivity index (χ0n) is 9.47. The van der Waals surface area contributed by atoms with Gasteiger partial charge in [-0.05, 0) is 18.2 Å². The highest BCUT2D eigenvalue weighted by molar-refractivity contribution is 5.98.